The molecule has 0 bridgehead atoms. The Bertz CT molecular complexity index is 450. The van der Waals surface area contributed by atoms with E-state index < -0.39 is 0 Å². The zero-order valence-electron chi connectivity index (χ0n) is 9.52. The van der Waals surface area contributed by atoms with Crippen molar-refractivity contribution in [3.05, 3.63) is 29.3 Å². The third kappa shape index (κ3) is 1.85. The molecule has 1 fully saturated rings. The molecule has 84 valence electrons. The highest BCUT2D eigenvalue weighted by Crippen LogP contribution is 2.33. The summed E-state index contributed by atoms with van der Waals surface area (Å²) in [5, 5.41) is 1.34. The fourth-order valence-electron chi connectivity index (χ4n) is 2.32. The first-order valence-electron chi connectivity index (χ1n) is 5.87. The summed E-state index contributed by atoms with van der Waals surface area (Å²) in [6.07, 6.45) is 2.52. The van der Waals surface area contributed by atoms with Crippen LogP contribution in [0.1, 0.15) is 23.8 Å². The molecule has 0 radical (unpaired) electrons. The maximum absolute atomic E-state index is 4.76. The molecule has 0 saturated carbocycles. The van der Waals surface area contributed by atoms with Gasteiger partial charge in [0.25, 0.3) is 0 Å². The first-order chi connectivity index (χ1) is 7.83. The summed E-state index contributed by atoms with van der Waals surface area (Å²) in [7, 11) is 2.20. The Kier molecular flexibility index (Phi) is 2.65. The van der Waals surface area contributed by atoms with Crippen molar-refractivity contribution in [2.24, 2.45) is 0 Å². The molecule has 0 aliphatic carbocycles. The van der Waals surface area contributed by atoms with E-state index in [4.69, 9.17) is 4.98 Å². The number of likely N-dealkylation sites (tertiary alicyclic amines) is 1. The van der Waals surface area contributed by atoms with Gasteiger partial charge in [0.1, 0.15) is 0 Å². The number of thiazole rings is 1. The average Bonchev–Trinajstić information content (AvgIpc) is 2.73. The molecule has 0 N–H and O–H groups in total. The molecule has 1 aromatic carbocycles. The first kappa shape index (κ1) is 10.2. The lowest BCUT2D eigenvalue weighted by molar-refractivity contribution is 0.255. The second-order valence-electron chi connectivity index (χ2n) is 4.60. The van der Waals surface area contributed by atoms with Gasteiger partial charge in [-0.15, -0.1) is 11.3 Å². The smallest absolute Gasteiger partial charge is 0.0970 e. The first-order valence-corrected chi connectivity index (χ1v) is 6.68. The Balaban J connectivity index is 1.88. The summed E-state index contributed by atoms with van der Waals surface area (Å²) >= 11 is 1.88. The molecule has 1 saturated heterocycles. The van der Waals surface area contributed by atoms with Crippen molar-refractivity contribution >= 4 is 21.6 Å². The molecule has 16 heavy (non-hydrogen) atoms. The van der Waals surface area contributed by atoms with Gasteiger partial charge in [0.05, 0.1) is 15.2 Å². The van der Waals surface area contributed by atoms with E-state index in [0.29, 0.717) is 5.92 Å². The molecular formula is C13H16N2S. The molecule has 1 aliphatic heterocycles. The minimum absolute atomic E-state index is 0.689. The molecule has 1 aliphatic rings. The van der Waals surface area contributed by atoms with E-state index in [2.05, 4.69) is 36.2 Å². The summed E-state index contributed by atoms with van der Waals surface area (Å²) in [4.78, 5) is 7.17. The minimum Gasteiger partial charge on any atom is -0.306 e. The molecular weight excluding hydrogens is 216 g/mol. The fourth-order valence-corrected chi connectivity index (χ4v) is 3.46. The third-order valence-electron chi connectivity index (χ3n) is 3.38. The number of fused-ring (bicyclic) bond motifs is 1. The zero-order chi connectivity index (χ0) is 11.0. The number of hydrogen-bond donors (Lipinski definition) is 0. The lowest BCUT2D eigenvalue weighted by Gasteiger charge is -2.27. The van der Waals surface area contributed by atoms with Crippen LogP contribution in [-0.2, 0) is 0 Å². The fraction of sp³-hybridized carbons (Fsp3) is 0.462. The van der Waals surface area contributed by atoms with Gasteiger partial charge >= 0.3 is 0 Å². The maximum Gasteiger partial charge on any atom is 0.0970 e. The van der Waals surface area contributed by atoms with Crippen molar-refractivity contribution < 1.29 is 0 Å². The van der Waals surface area contributed by atoms with Crippen LogP contribution in [0.3, 0.4) is 0 Å². The number of para-hydroxylation sites is 1. The van der Waals surface area contributed by atoms with Crippen LogP contribution in [0.5, 0.6) is 0 Å². The molecule has 0 amide bonds. The maximum atomic E-state index is 4.76. The number of rotatable bonds is 1. The van der Waals surface area contributed by atoms with Crippen LogP contribution >= 0.6 is 11.3 Å². The molecule has 1 aromatic heterocycles. The summed E-state index contributed by atoms with van der Waals surface area (Å²) in [6.45, 7) is 2.42. The summed E-state index contributed by atoms with van der Waals surface area (Å²) < 4.78 is 1.33. The second kappa shape index (κ2) is 4.15. The van der Waals surface area contributed by atoms with E-state index in [1.54, 1.807) is 0 Å². The van der Waals surface area contributed by atoms with Gasteiger partial charge in [0, 0.05) is 5.92 Å². The number of aromatic nitrogens is 1. The average molecular weight is 232 g/mol. The van der Waals surface area contributed by atoms with Crippen LogP contribution in [0.25, 0.3) is 10.2 Å². The molecule has 2 heterocycles. The monoisotopic (exact) mass is 232 g/mol. The van der Waals surface area contributed by atoms with Gasteiger partial charge in [0.2, 0.25) is 0 Å². The van der Waals surface area contributed by atoms with Crippen LogP contribution in [0.2, 0.25) is 0 Å². The number of piperidine rings is 1. The van der Waals surface area contributed by atoms with Gasteiger partial charge in [-0.2, -0.15) is 0 Å². The highest BCUT2D eigenvalue weighted by Gasteiger charge is 2.21. The molecule has 0 atom stereocenters. The Hall–Kier alpha value is -0.930. The van der Waals surface area contributed by atoms with Gasteiger partial charge in [-0.1, -0.05) is 12.1 Å². The van der Waals surface area contributed by atoms with Crippen LogP contribution in [-0.4, -0.2) is 30.0 Å². The number of hydrogen-bond acceptors (Lipinski definition) is 3. The Morgan fingerprint density at radius 3 is 2.75 bits per heavy atom. The lowest BCUT2D eigenvalue weighted by atomic mass is 9.98. The number of nitrogens with zero attached hydrogens (tertiary/aromatic N) is 2. The Morgan fingerprint density at radius 1 is 1.25 bits per heavy atom. The highest BCUT2D eigenvalue weighted by atomic mass is 32.1. The Labute approximate surface area is 99.9 Å². The summed E-state index contributed by atoms with van der Waals surface area (Å²) in [5.41, 5.74) is 1.17. The standard InChI is InChI=1S/C13H16N2S/c1-15-8-6-10(7-9-15)13-14-11-4-2-3-5-12(11)16-13/h2-5,10H,6-9H2,1H3. The Morgan fingerprint density at radius 2 is 2.00 bits per heavy atom. The third-order valence-corrected chi connectivity index (χ3v) is 4.58. The van der Waals surface area contributed by atoms with Gasteiger partial charge in [-0.3, -0.25) is 0 Å². The minimum atomic E-state index is 0.689. The largest absolute Gasteiger partial charge is 0.306 e. The van der Waals surface area contributed by atoms with Crippen molar-refractivity contribution in [3.63, 3.8) is 0 Å². The topological polar surface area (TPSA) is 16.1 Å². The number of benzene rings is 1. The van der Waals surface area contributed by atoms with E-state index in [1.807, 2.05) is 11.3 Å². The highest BCUT2D eigenvalue weighted by molar-refractivity contribution is 7.18. The predicted octanol–water partition coefficient (Wildman–Crippen LogP) is 3.11. The molecule has 0 unspecified atom stereocenters. The van der Waals surface area contributed by atoms with Crippen molar-refractivity contribution in [1.82, 2.24) is 9.88 Å². The molecule has 0 spiro atoms. The molecule has 3 rings (SSSR count). The second-order valence-corrected chi connectivity index (χ2v) is 5.66. The normalized spacial score (nSPS) is 19.3. The van der Waals surface area contributed by atoms with Crippen molar-refractivity contribution in [2.45, 2.75) is 18.8 Å². The van der Waals surface area contributed by atoms with E-state index in [1.165, 1.54) is 41.2 Å². The molecule has 3 heteroatoms. The summed E-state index contributed by atoms with van der Waals surface area (Å²) in [6, 6.07) is 8.45. The van der Waals surface area contributed by atoms with Crippen LogP contribution < -0.4 is 0 Å². The van der Waals surface area contributed by atoms with Gasteiger partial charge in [-0.05, 0) is 45.1 Å². The lowest BCUT2D eigenvalue weighted by Crippen LogP contribution is -2.29. The van der Waals surface area contributed by atoms with E-state index in [-0.39, 0.29) is 0 Å². The van der Waals surface area contributed by atoms with Crippen molar-refractivity contribution in [2.75, 3.05) is 20.1 Å². The van der Waals surface area contributed by atoms with E-state index in [9.17, 15) is 0 Å². The summed E-state index contributed by atoms with van der Waals surface area (Å²) in [5.74, 6) is 0.689. The van der Waals surface area contributed by atoms with Gasteiger partial charge in [-0.25, -0.2) is 4.98 Å². The zero-order valence-corrected chi connectivity index (χ0v) is 10.3. The molecule has 2 nitrogen and oxygen atoms in total. The van der Waals surface area contributed by atoms with Gasteiger partial charge < -0.3 is 4.90 Å². The van der Waals surface area contributed by atoms with Gasteiger partial charge in [0.15, 0.2) is 0 Å². The molecule has 2 aromatic rings. The van der Waals surface area contributed by atoms with Crippen molar-refractivity contribution in [3.8, 4) is 0 Å². The van der Waals surface area contributed by atoms with Crippen LogP contribution in [0, 0.1) is 0 Å². The van der Waals surface area contributed by atoms with E-state index in [0.717, 1.165) is 0 Å². The van der Waals surface area contributed by atoms with Crippen LogP contribution in [0.4, 0.5) is 0 Å². The van der Waals surface area contributed by atoms with E-state index >= 15 is 0 Å². The van der Waals surface area contributed by atoms with Crippen molar-refractivity contribution in [1.29, 1.82) is 0 Å². The van der Waals surface area contributed by atoms with Crippen LogP contribution in [0.15, 0.2) is 24.3 Å². The predicted molar refractivity (Wildman–Crippen MR) is 69.1 cm³/mol. The SMILES string of the molecule is CN1CCC(c2nc3ccccc3s2)CC1. The quantitative estimate of drug-likeness (QED) is 0.751.